The summed E-state index contributed by atoms with van der Waals surface area (Å²) in [4.78, 5) is 25.2. The smallest absolute Gasteiger partial charge is 0.276 e. The largest absolute Gasteiger partial charge is 0.470 e. The second-order valence-corrected chi connectivity index (χ2v) is 8.24. The van der Waals surface area contributed by atoms with Gasteiger partial charge in [0.05, 0.1) is 10.7 Å². The molecular weight excluding hydrogens is 455 g/mol. The van der Waals surface area contributed by atoms with Gasteiger partial charge in [-0.2, -0.15) is 10.2 Å². The van der Waals surface area contributed by atoms with Crippen LogP contribution >= 0.6 is 23.2 Å². The number of halogens is 2. The lowest BCUT2D eigenvalue weighted by atomic mass is 10.2. The first-order valence-electron chi connectivity index (χ1n) is 10.0. The third-order valence-electron chi connectivity index (χ3n) is 4.34. The van der Waals surface area contributed by atoms with Crippen LogP contribution in [-0.2, 0) is 13.3 Å². The van der Waals surface area contributed by atoms with Crippen molar-refractivity contribution in [3.8, 4) is 5.75 Å². The van der Waals surface area contributed by atoms with E-state index >= 15 is 0 Å². The second kappa shape index (κ2) is 10.5. The van der Waals surface area contributed by atoms with E-state index < -0.39 is 5.91 Å². The van der Waals surface area contributed by atoms with E-state index in [2.05, 4.69) is 20.8 Å². The van der Waals surface area contributed by atoms with Gasteiger partial charge in [0.15, 0.2) is 18.1 Å². The molecule has 2 heterocycles. The van der Waals surface area contributed by atoms with Gasteiger partial charge in [-0.1, -0.05) is 37.0 Å². The van der Waals surface area contributed by atoms with E-state index in [1.807, 2.05) is 20.8 Å². The lowest BCUT2D eigenvalue weighted by Gasteiger charge is -2.08. The predicted molar refractivity (Wildman–Crippen MR) is 122 cm³/mol. The van der Waals surface area contributed by atoms with E-state index in [4.69, 9.17) is 27.9 Å². The van der Waals surface area contributed by atoms with Crippen molar-refractivity contribution >= 4 is 40.7 Å². The zero-order chi connectivity index (χ0) is 23.3. The van der Waals surface area contributed by atoms with Crippen molar-refractivity contribution in [1.29, 1.82) is 0 Å². The Morgan fingerprint density at radius 3 is 2.59 bits per heavy atom. The van der Waals surface area contributed by atoms with Gasteiger partial charge in [-0.3, -0.25) is 14.3 Å². The number of rotatable bonds is 9. The van der Waals surface area contributed by atoms with Crippen LogP contribution in [0.1, 0.15) is 41.7 Å². The highest BCUT2D eigenvalue weighted by Gasteiger charge is 2.20. The number of benzene rings is 1. The molecule has 0 aliphatic rings. The maximum absolute atomic E-state index is 12.7. The van der Waals surface area contributed by atoms with E-state index in [0.29, 0.717) is 40.5 Å². The van der Waals surface area contributed by atoms with Crippen molar-refractivity contribution < 1.29 is 14.3 Å². The number of hydrogen-bond donors (Lipinski definition) is 2. The number of aromatic nitrogens is 4. The molecule has 0 bridgehead atoms. The topological polar surface area (TPSA) is 103 Å². The van der Waals surface area contributed by atoms with Gasteiger partial charge in [0.2, 0.25) is 0 Å². The number of anilines is 1. The summed E-state index contributed by atoms with van der Waals surface area (Å²) in [5.41, 5.74) is 0.631. The van der Waals surface area contributed by atoms with E-state index in [1.54, 1.807) is 41.3 Å². The third kappa shape index (κ3) is 6.02. The molecule has 0 radical (unpaired) electrons. The number of carbonyl (C=O) groups is 2. The maximum Gasteiger partial charge on any atom is 0.276 e. The highest BCUT2D eigenvalue weighted by atomic mass is 35.5. The van der Waals surface area contributed by atoms with Crippen molar-refractivity contribution in [3.05, 3.63) is 58.1 Å². The van der Waals surface area contributed by atoms with Gasteiger partial charge in [0, 0.05) is 30.5 Å². The molecule has 0 aliphatic heterocycles. The summed E-state index contributed by atoms with van der Waals surface area (Å²) in [7, 11) is 0. The van der Waals surface area contributed by atoms with E-state index in [0.717, 1.165) is 0 Å². The SMILES string of the molecule is CCn1cc(NC(=O)c2ccn(COc3ccc(Cl)cc3Cl)n2)c(C(=O)NCC(C)C)n1. The molecular formula is C21H24Cl2N6O3. The fourth-order valence-corrected chi connectivity index (χ4v) is 3.16. The minimum atomic E-state index is -0.471. The molecule has 0 unspecified atom stereocenters. The summed E-state index contributed by atoms with van der Waals surface area (Å²) in [5, 5.41) is 14.9. The predicted octanol–water partition coefficient (Wildman–Crippen LogP) is 4.08. The molecule has 0 spiro atoms. The normalized spacial score (nSPS) is 10.9. The average Bonchev–Trinajstić information content (AvgIpc) is 3.38. The summed E-state index contributed by atoms with van der Waals surface area (Å²) >= 11 is 12.0. The van der Waals surface area contributed by atoms with Crippen LogP contribution in [0.15, 0.2) is 36.7 Å². The number of carbonyl (C=O) groups excluding carboxylic acids is 2. The Morgan fingerprint density at radius 1 is 1.12 bits per heavy atom. The van der Waals surface area contributed by atoms with Crippen LogP contribution in [0.25, 0.3) is 0 Å². The first-order chi connectivity index (χ1) is 15.3. The van der Waals surface area contributed by atoms with Crippen molar-refractivity contribution in [2.45, 2.75) is 34.0 Å². The summed E-state index contributed by atoms with van der Waals surface area (Å²) in [5.74, 6) is -0.0809. The lowest BCUT2D eigenvalue weighted by Crippen LogP contribution is -2.28. The van der Waals surface area contributed by atoms with Crippen molar-refractivity contribution in [3.63, 3.8) is 0 Å². The monoisotopic (exact) mass is 478 g/mol. The van der Waals surface area contributed by atoms with Gasteiger partial charge in [-0.25, -0.2) is 4.68 Å². The van der Waals surface area contributed by atoms with Gasteiger partial charge in [0.1, 0.15) is 5.75 Å². The Morgan fingerprint density at radius 2 is 1.91 bits per heavy atom. The van der Waals surface area contributed by atoms with Crippen LogP contribution in [0.3, 0.4) is 0 Å². The molecule has 2 N–H and O–H groups in total. The first kappa shape index (κ1) is 23.6. The van der Waals surface area contributed by atoms with E-state index in [1.165, 1.54) is 4.68 Å². The number of aryl methyl sites for hydroxylation is 1. The van der Waals surface area contributed by atoms with E-state index in [-0.39, 0.29) is 24.0 Å². The summed E-state index contributed by atoms with van der Waals surface area (Å²) in [6.45, 7) is 6.99. The molecule has 2 aromatic heterocycles. The van der Waals surface area contributed by atoms with Crippen LogP contribution in [-0.4, -0.2) is 37.9 Å². The Hall–Kier alpha value is -3.04. The van der Waals surface area contributed by atoms with Gasteiger partial charge < -0.3 is 15.4 Å². The maximum atomic E-state index is 12.7. The fraction of sp³-hybridized carbons (Fsp3) is 0.333. The first-order valence-corrected chi connectivity index (χ1v) is 10.8. The molecule has 32 heavy (non-hydrogen) atoms. The highest BCUT2D eigenvalue weighted by Crippen LogP contribution is 2.27. The summed E-state index contributed by atoms with van der Waals surface area (Å²) < 4.78 is 8.65. The zero-order valence-corrected chi connectivity index (χ0v) is 19.4. The number of hydrogen-bond acceptors (Lipinski definition) is 5. The lowest BCUT2D eigenvalue weighted by molar-refractivity contribution is 0.0944. The number of amides is 2. The van der Waals surface area contributed by atoms with Crippen LogP contribution in [0.4, 0.5) is 5.69 Å². The Kier molecular flexibility index (Phi) is 7.76. The van der Waals surface area contributed by atoms with Crippen molar-refractivity contribution in [2.75, 3.05) is 11.9 Å². The molecule has 3 aromatic rings. The highest BCUT2D eigenvalue weighted by molar-refractivity contribution is 6.35. The molecule has 3 rings (SSSR count). The van der Waals surface area contributed by atoms with Crippen LogP contribution in [0, 0.1) is 5.92 Å². The molecule has 1 aromatic carbocycles. The van der Waals surface area contributed by atoms with Crippen molar-refractivity contribution in [1.82, 2.24) is 24.9 Å². The second-order valence-electron chi connectivity index (χ2n) is 7.39. The molecule has 0 saturated heterocycles. The third-order valence-corrected chi connectivity index (χ3v) is 4.87. The molecule has 0 saturated carbocycles. The van der Waals surface area contributed by atoms with Crippen molar-refractivity contribution in [2.24, 2.45) is 5.92 Å². The summed E-state index contributed by atoms with van der Waals surface area (Å²) in [6.07, 6.45) is 3.22. The van der Waals surface area contributed by atoms with Crippen LogP contribution in [0.5, 0.6) is 5.75 Å². The van der Waals surface area contributed by atoms with Crippen LogP contribution < -0.4 is 15.4 Å². The quantitative estimate of drug-likeness (QED) is 0.482. The minimum absolute atomic E-state index is 0.0469. The standard InChI is InChI=1S/C21H24Cl2N6O3/c1-4-28-11-17(19(27-28)21(31)24-10-13(2)3)25-20(30)16-7-8-29(26-16)12-32-18-6-5-14(22)9-15(18)23/h5-9,11,13H,4,10,12H2,1-3H3,(H,24,31)(H,25,30). The Balaban J connectivity index is 1.67. The molecule has 0 aliphatic carbocycles. The van der Waals surface area contributed by atoms with Gasteiger partial charge >= 0.3 is 0 Å². The van der Waals surface area contributed by atoms with Gasteiger partial charge in [0.25, 0.3) is 11.8 Å². The number of nitrogens with one attached hydrogen (secondary N) is 2. The minimum Gasteiger partial charge on any atom is -0.470 e. The van der Waals surface area contributed by atoms with Gasteiger partial charge in [-0.05, 0) is 37.1 Å². The summed E-state index contributed by atoms with van der Waals surface area (Å²) in [6, 6.07) is 6.44. The average molecular weight is 479 g/mol. The van der Waals surface area contributed by atoms with Crippen LogP contribution in [0.2, 0.25) is 10.0 Å². The molecule has 170 valence electrons. The zero-order valence-electron chi connectivity index (χ0n) is 17.9. The molecule has 9 nitrogen and oxygen atoms in total. The molecule has 0 fully saturated rings. The Labute approximate surface area is 195 Å². The molecule has 0 atom stereocenters. The molecule has 2 amide bonds. The Bertz CT molecular complexity index is 1110. The van der Waals surface area contributed by atoms with E-state index in [9.17, 15) is 9.59 Å². The number of nitrogens with zero attached hydrogens (tertiary/aromatic N) is 4. The fourth-order valence-electron chi connectivity index (χ4n) is 2.69. The molecule has 11 heteroatoms. The number of ether oxygens (including phenoxy) is 1. The van der Waals surface area contributed by atoms with Gasteiger partial charge in [-0.15, -0.1) is 0 Å².